The van der Waals surface area contributed by atoms with Crippen molar-refractivity contribution in [3.05, 3.63) is 36.4 Å². The maximum Gasteiger partial charge on any atom is 0.138 e. The molecule has 0 heterocycles. The molecule has 0 radical (unpaired) electrons. The van der Waals surface area contributed by atoms with Crippen LogP contribution in [0.15, 0.2) is 41.4 Å². The molecule has 0 spiro atoms. The van der Waals surface area contributed by atoms with Crippen molar-refractivity contribution >= 4 is 18.0 Å². The van der Waals surface area contributed by atoms with E-state index in [4.69, 9.17) is 5.26 Å². The predicted octanol–water partition coefficient (Wildman–Crippen LogP) is 2.48. The van der Waals surface area contributed by atoms with Crippen LogP contribution in [0.5, 0.6) is 0 Å². The molecule has 11 heavy (non-hydrogen) atoms. The van der Waals surface area contributed by atoms with Crippen LogP contribution in [0.25, 0.3) is 0 Å². The molecule has 0 bridgehead atoms. The van der Waals surface area contributed by atoms with Crippen molar-refractivity contribution in [2.45, 2.75) is 0 Å². The first-order valence-corrected chi connectivity index (χ1v) is 3.69. The van der Waals surface area contributed by atoms with Crippen molar-refractivity contribution in [3.63, 3.8) is 0 Å². The van der Waals surface area contributed by atoms with E-state index >= 15 is 0 Å². The molecule has 56 valence electrons. The zero-order valence-electron chi connectivity index (χ0n) is 6.03. The van der Waals surface area contributed by atoms with E-state index in [1.807, 2.05) is 5.40 Å². The van der Waals surface area contributed by atoms with Crippen LogP contribution in [0.1, 0.15) is 0 Å². The Morgan fingerprint density at radius 1 is 1.55 bits per heavy atom. The van der Waals surface area contributed by atoms with Crippen molar-refractivity contribution in [1.29, 1.82) is 5.26 Å². The van der Waals surface area contributed by atoms with Gasteiger partial charge in [-0.3, -0.25) is 4.99 Å². The maximum absolute atomic E-state index is 8.31. The third kappa shape index (κ3) is 5.19. The van der Waals surface area contributed by atoms with Crippen LogP contribution >= 0.6 is 11.8 Å². The van der Waals surface area contributed by atoms with Gasteiger partial charge >= 0.3 is 0 Å². The number of aliphatic imine (C=N–C) groups is 1. The van der Waals surface area contributed by atoms with Crippen molar-refractivity contribution in [2.24, 2.45) is 4.99 Å². The molecule has 0 aliphatic heterocycles. The van der Waals surface area contributed by atoms with Crippen molar-refractivity contribution in [3.8, 4) is 5.40 Å². The first-order valence-electron chi connectivity index (χ1n) is 2.88. The van der Waals surface area contributed by atoms with E-state index in [0.717, 1.165) is 16.7 Å². The Morgan fingerprint density at radius 3 is 2.73 bits per heavy atom. The van der Waals surface area contributed by atoms with Crippen LogP contribution in [-0.4, -0.2) is 6.21 Å². The summed E-state index contributed by atoms with van der Waals surface area (Å²) in [7, 11) is 0. The highest BCUT2D eigenvalue weighted by atomic mass is 32.2. The first-order chi connectivity index (χ1) is 5.35. The van der Waals surface area contributed by atoms with Gasteiger partial charge in [-0.1, -0.05) is 19.2 Å². The van der Waals surface area contributed by atoms with Gasteiger partial charge < -0.3 is 0 Å². The number of allylic oxidation sites excluding steroid dienone is 3. The molecule has 0 aliphatic rings. The average molecular weight is 164 g/mol. The topological polar surface area (TPSA) is 36.1 Å². The van der Waals surface area contributed by atoms with Gasteiger partial charge in [0.2, 0.25) is 0 Å². The quantitative estimate of drug-likeness (QED) is 0.363. The van der Waals surface area contributed by atoms with E-state index in [9.17, 15) is 0 Å². The molecule has 0 atom stereocenters. The lowest BCUT2D eigenvalue weighted by Gasteiger charge is -1.87. The molecule has 0 aliphatic carbocycles. The van der Waals surface area contributed by atoms with Gasteiger partial charge in [-0.05, 0) is 17.8 Å². The second-order valence-electron chi connectivity index (χ2n) is 1.46. The molecule has 0 rings (SSSR count). The molecule has 3 heteroatoms. The number of hydrogen-bond donors (Lipinski definition) is 0. The minimum absolute atomic E-state index is 0.752. The van der Waals surface area contributed by atoms with Gasteiger partial charge in [0.05, 0.1) is 0 Å². The number of thiocyanates is 1. The zero-order valence-corrected chi connectivity index (χ0v) is 6.84. The van der Waals surface area contributed by atoms with E-state index in [1.165, 1.54) is 6.20 Å². The summed E-state index contributed by atoms with van der Waals surface area (Å²) in [6, 6.07) is 0. The van der Waals surface area contributed by atoms with Gasteiger partial charge in [0.25, 0.3) is 0 Å². The Bertz CT molecular complexity index is 233. The summed E-state index contributed by atoms with van der Waals surface area (Å²) in [4.78, 5) is 4.51. The summed E-state index contributed by atoms with van der Waals surface area (Å²) in [6.07, 6.45) is 6.28. The lowest BCUT2D eigenvalue weighted by molar-refractivity contribution is 1.57. The average Bonchev–Trinajstić information content (AvgIpc) is 2.01. The minimum Gasteiger partial charge on any atom is -0.264 e. The smallest absolute Gasteiger partial charge is 0.138 e. The first kappa shape index (κ1) is 9.73. The number of nitriles is 1. The molecule has 0 saturated carbocycles. The van der Waals surface area contributed by atoms with Crippen LogP contribution in [0.3, 0.4) is 0 Å². The molecular formula is C8H8N2S. The van der Waals surface area contributed by atoms with E-state index in [0.29, 0.717) is 0 Å². The fourth-order valence-electron chi connectivity index (χ4n) is 0.398. The molecule has 0 fully saturated rings. The summed E-state index contributed by atoms with van der Waals surface area (Å²) in [5.41, 5.74) is 0. The highest BCUT2D eigenvalue weighted by Crippen LogP contribution is 2.10. The molecule has 0 saturated heterocycles. The van der Waals surface area contributed by atoms with E-state index in [2.05, 4.69) is 18.2 Å². The van der Waals surface area contributed by atoms with Crippen molar-refractivity contribution < 1.29 is 0 Å². The summed E-state index contributed by atoms with van der Waals surface area (Å²) in [5.74, 6) is 0. The molecule has 0 aromatic heterocycles. The van der Waals surface area contributed by atoms with E-state index in [-0.39, 0.29) is 0 Å². The fourth-order valence-corrected chi connectivity index (χ4v) is 0.782. The summed E-state index contributed by atoms with van der Waals surface area (Å²) >= 11 is 1.04. The Hall–Kier alpha value is -1.27. The van der Waals surface area contributed by atoms with Gasteiger partial charge in [-0.2, -0.15) is 5.26 Å². The molecule has 0 amide bonds. The summed E-state index contributed by atoms with van der Waals surface area (Å²) < 4.78 is 0. The van der Waals surface area contributed by atoms with Gasteiger partial charge in [-0.25, -0.2) is 0 Å². The normalized spacial score (nSPS) is 11.0. The molecule has 0 aromatic carbocycles. The largest absolute Gasteiger partial charge is 0.264 e. The summed E-state index contributed by atoms with van der Waals surface area (Å²) in [5, 5.41) is 10.2. The lowest BCUT2D eigenvalue weighted by Crippen LogP contribution is -1.74. The highest BCUT2D eigenvalue weighted by Gasteiger charge is 1.88. The van der Waals surface area contributed by atoms with Crippen LogP contribution in [0.2, 0.25) is 0 Å². The highest BCUT2D eigenvalue weighted by molar-refractivity contribution is 8.08. The predicted molar refractivity (Wildman–Crippen MR) is 50.2 cm³/mol. The third-order valence-corrected chi connectivity index (χ3v) is 1.32. The Kier molecular flexibility index (Phi) is 6.05. The van der Waals surface area contributed by atoms with Crippen LogP contribution in [0.4, 0.5) is 0 Å². The maximum atomic E-state index is 8.31. The Labute approximate surface area is 70.6 Å². The lowest BCUT2D eigenvalue weighted by atomic mass is 10.5. The standard InChI is InChI=1S/C8H8N2S/c1-3-5-8(11-7-9)6-10-4-2/h3-6H,1-2H2/b8-5+,10-6?. The number of rotatable bonds is 4. The summed E-state index contributed by atoms with van der Waals surface area (Å²) in [6.45, 7) is 6.91. The number of hydrogen-bond acceptors (Lipinski definition) is 3. The van der Waals surface area contributed by atoms with Gasteiger partial charge in [0.1, 0.15) is 5.40 Å². The van der Waals surface area contributed by atoms with Crippen molar-refractivity contribution in [1.82, 2.24) is 0 Å². The molecule has 0 N–H and O–H groups in total. The Balaban J connectivity index is 4.23. The number of nitrogens with zero attached hydrogens (tertiary/aromatic N) is 2. The molecule has 0 aromatic rings. The van der Waals surface area contributed by atoms with Crippen LogP contribution < -0.4 is 0 Å². The van der Waals surface area contributed by atoms with Crippen LogP contribution in [-0.2, 0) is 0 Å². The second kappa shape index (κ2) is 6.84. The monoisotopic (exact) mass is 164 g/mol. The minimum atomic E-state index is 0.752. The molecular weight excluding hydrogens is 156 g/mol. The van der Waals surface area contributed by atoms with E-state index < -0.39 is 0 Å². The SMILES string of the molecule is C=C/C=C(\C=NC=C)SC#N. The molecule has 0 unspecified atom stereocenters. The van der Waals surface area contributed by atoms with Gasteiger partial charge in [0, 0.05) is 17.3 Å². The fraction of sp³-hybridized carbons (Fsp3) is 0. The van der Waals surface area contributed by atoms with E-state index in [1.54, 1.807) is 18.4 Å². The Morgan fingerprint density at radius 2 is 2.27 bits per heavy atom. The second-order valence-corrected chi connectivity index (χ2v) is 2.32. The van der Waals surface area contributed by atoms with Crippen molar-refractivity contribution in [2.75, 3.05) is 0 Å². The third-order valence-electron chi connectivity index (χ3n) is 0.753. The zero-order chi connectivity index (χ0) is 8.53. The molecule has 2 nitrogen and oxygen atoms in total. The van der Waals surface area contributed by atoms with Gasteiger partial charge in [-0.15, -0.1) is 0 Å². The van der Waals surface area contributed by atoms with Gasteiger partial charge in [0.15, 0.2) is 0 Å². The number of thioether (sulfide) groups is 1. The van der Waals surface area contributed by atoms with Crippen LogP contribution in [0, 0.1) is 10.7 Å².